The fourth-order valence-corrected chi connectivity index (χ4v) is 5.18. The van der Waals surface area contributed by atoms with Gasteiger partial charge in [0.05, 0.1) is 0 Å². The molecule has 0 bridgehead atoms. The zero-order valence-electron chi connectivity index (χ0n) is 10.3. The molecule has 0 amide bonds. The summed E-state index contributed by atoms with van der Waals surface area (Å²) in [7, 11) is 0. The van der Waals surface area contributed by atoms with E-state index >= 15 is 0 Å². The van der Waals surface area contributed by atoms with Gasteiger partial charge in [0, 0.05) is 19.2 Å². The van der Waals surface area contributed by atoms with Gasteiger partial charge in [-0.05, 0) is 32.4 Å². The van der Waals surface area contributed by atoms with Gasteiger partial charge in [-0.1, -0.05) is 30.9 Å². The van der Waals surface area contributed by atoms with Crippen LogP contribution in [0.2, 0.25) is 11.6 Å². The van der Waals surface area contributed by atoms with Crippen LogP contribution in [0.5, 0.6) is 0 Å². The summed E-state index contributed by atoms with van der Waals surface area (Å²) in [6.45, 7) is 6.62. The molecule has 4 aliphatic heterocycles. The molecule has 0 radical (unpaired) electrons. The third-order valence-corrected chi connectivity index (χ3v) is 5.80. The monoisotopic (exact) mass is 218 g/mol. The maximum absolute atomic E-state index is 2.82. The molecule has 4 fully saturated rings. The minimum Gasteiger partial charge on any atom is -0.295 e. The van der Waals surface area contributed by atoms with Crippen LogP contribution in [-0.4, -0.2) is 48.8 Å². The predicted octanol–water partition coefficient (Wildman–Crippen LogP) is 2.09. The number of hydrogen-bond acceptors (Lipinski definition) is 2. The highest BCUT2D eigenvalue weighted by molar-refractivity contribution is 6.64. The molecule has 0 aliphatic carbocycles. The van der Waals surface area contributed by atoms with Gasteiger partial charge in [0.25, 0.3) is 0 Å². The van der Waals surface area contributed by atoms with E-state index in [1.165, 1.54) is 51.9 Å². The van der Waals surface area contributed by atoms with Crippen molar-refractivity contribution in [3.8, 4) is 0 Å². The number of rotatable bonds is 0. The molecule has 4 heterocycles. The van der Waals surface area contributed by atoms with Crippen LogP contribution >= 0.6 is 0 Å². The lowest BCUT2D eigenvalue weighted by Crippen LogP contribution is -2.69. The Kier molecular flexibility index (Phi) is 2.33. The van der Waals surface area contributed by atoms with Gasteiger partial charge in [-0.3, -0.25) is 9.80 Å². The van der Waals surface area contributed by atoms with Crippen molar-refractivity contribution >= 4 is 6.71 Å². The third-order valence-electron chi connectivity index (χ3n) is 5.80. The Morgan fingerprint density at radius 1 is 0.688 bits per heavy atom. The van der Waals surface area contributed by atoms with Gasteiger partial charge in [0.15, 0.2) is 6.71 Å². The fourth-order valence-electron chi connectivity index (χ4n) is 5.18. The van der Waals surface area contributed by atoms with Crippen molar-refractivity contribution in [2.24, 2.45) is 0 Å². The van der Waals surface area contributed by atoms with Gasteiger partial charge in [-0.25, -0.2) is 0 Å². The van der Waals surface area contributed by atoms with Gasteiger partial charge in [-0.15, -0.1) is 0 Å². The molecule has 4 aliphatic rings. The van der Waals surface area contributed by atoms with Crippen LogP contribution in [0.25, 0.3) is 0 Å². The summed E-state index contributed by atoms with van der Waals surface area (Å²) in [5.74, 6) is 2.17. The lowest BCUT2D eigenvalue weighted by atomic mass is 9.25. The molecule has 3 heteroatoms. The summed E-state index contributed by atoms with van der Waals surface area (Å²) in [5, 5.41) is 0. The van der Waals surface area contributed by atoms with Crippen molar-refractivity contribution in [1.82, 2.24) is 9.80 Å². The molecule has 0 saturated carbocycles. The van der Waals surface area contributed by atoms with Crippen LogP contribution in [0, 0.1) is 0 Å². The van der Waals surface area contributed by atoms with Gasteiger partial charge >= 0.3 is 0 Å². The van der Waals surface area contributed by atoms with Gasteiger partial charge in [0.2, 0.25) is 0 Å². The zero-order valence-corrected chi connectivity index (χ0v) is 10.3. The highest BCUT2D eigenvalue weighted by Gasteiger charge is 2.51. The summed E-state index contributed by atoms with van der Waals surface area (Å²) >= 11 is 0. The Morgan fingerprint density at radius 3 is 1.94 bits per heavy atom. The molecule has 16 heavy (non-hydrogen) atoms. The van der Waals surface area contributed by atoms with Gasteiger partial charge < -0.3 is 0 Å². The van der Waals surface area contributed by atoms with E-state index < -0.39 is 0 Å². The summed E-state index contributed by atoms with van der Waals surface area (Å²) in [4.78, 5) is 5.64. The first-order valence-corrected chi connectivity index (χ1v) is 7.41. The molecular formula is C13H23BN2. The second-order valence-corrected chi connectivity index (χ2v) is 6.44. The highest BCUT2D eigenvalue weighted by Crippen LogP contribution is 2.48. The first-order chi connectivity index (χ1) is 7.93. The minimum atomic E-state index is 0.867. The van der Waals surface area contributed by atoms with E-state index in [0.717, 1.165) is 24.4 Å². The van der Waals surface area contributed by atoms with Crippen molar-refractivity contribution in [3.63, 3.8) is 0 Å². The average Bonchev–Trinajstić information content (AvgIpc) is 2.36. The molecular weight excluding hydrogens is 195 g/mol. The Hall–Kier alpha value is -0.0151. The first kappa shape index (κ1) is 9.96. The van der Waals surface area contributed by atoms with Crippen LogP contribution in [0.3, 0.4) is 0 Å². The van der Waals surface area contributed by atoms with Crippen LogP contribution < -0.4 is 0 Å². The maximum Gasteiger partial charge on any atom is 0.185 e. The van der Waals surface area contributed by atoms with E-state index in [4.69, 9.17) is 0 Å². The normalized spacial score (nSPS) is 44.2. The molecule has 0 aromatic rings. The molecule has 88 valence electrons. The Balaban J connectivity index is 1.67. The fraction of sp³-hybridized carbons (Fsp3) is 1.00. The highest BCUT2D eigenvalue weighted by atomic mass is 15.4. The molecule has 0 aromatic carbocycles. The average molecular weight is 218 g/mol. The summed E-state index contributed by atoms with van der Waals surface area (Å²) in [6.07, 6.45) is 9.03. The molecule has 2 nitrogen and oxygen atoms in total. The maximum atomic E-state index is 2.82. The van der Waals surface area contributed by atoms with E-state index in [9.17, 15) is 0 Å². The largest absolute Gasteiger partial charge is 0.295 e. The molecule has 0 aromatic heterocycles. The standard InChI is InChI=1S/C13H23BN2/c1-3-11-5-9-15-7-2-8-16-10-6-12(4-1)14(11)13(15)16/h11-13H,1-10H2. The predicted molar refractivity (Wildman–Crippen MR) is 67.9 cm³/mol. The van der Waals surface area contributed by atoms with Gasteiger partial charge in [-0.2, -0.15) is 0 Å². The molecule has 2 unspecified atom stereocenters. The molecule has 0 N–H and O–H groups in total. The summed E-state index contributed by atoms with van der Waals surface area (Å²) < 4.78 is 0. The number of nitrogens with zero attached hydrogens (tertiary/aromatic N) is 2. The molecule has 4 rings (SSSR count). The summed E-state index contributed by atoms with van der Waals surface area (Å²) in [6, 6.07) is 0.867. The van der Waals surface area contributed by atoms with E-state index in [2.05, 4.69) is 9.80 Å². The van der Waals surface area contributed by atoms with Crippen molar-refractivity contribution in [1.29, 1.82) is 0 Å². The van der Waals surface area contributed by atoms with E-state index in [-0.39, 0.29) is 0 Å². The van der Waals surface area contributed by atoms with Gasteiger partial charge in [0.1, 0.15) is 0 Å². The smallest absolute Gasteiger partial charge is 0.185 e. The molecule has 4 saturated heterocycles. The van der Waals surface area contributed by atoms with Crippen molar-refractivity contribution in [3.05, 3.63) is 0 Å². The lowest BCUT2D eigenvalue weighted by molar-refractivity contribution is 0.0234. The number of hydrogen-bond donors (Lipinski definition) is 0. The van der Waals surface area contributed by atoms with Crippen LogP contribution in [-0.2, 0) is 0 Å². The van der Waals surface area contributed by atoms with E-state index in [1.54, 1.807) is 12.8 Å². The topological polar surface area (TPSA) is 6.48 Å². The Morgan fingerprint density at radius 2 is 1.31 bits per heavy atom. The van der Waals surface area contributed by atoms with Crippen molar-refractivity contribution in [2.75, 3.05) is 26.2 Å². The zero-order chi connectivity index (χ0) is 10.5. The lowest BCUT2D eigenvalue weighted by Gasteiger charge is -2.58. The first-order valence-electron chi connectivity index (χ1n) is 7.41. The molecule has 2 atom stereocenters. The van der Waals surface area contributed by atoms with E-state index in [0.29, 0.717) is 0 Å². The Labute approximate surface area is 99.4 Å². The summed E-state index contributed by atoms with van der Waals surface area (Å²) in [5.41, 5.74) is 0. The van der Waals surface area contributed by atoms with E-state index in [1.807, 2.05) is 0 Å². The Bertz CT molecular complexity index is 231. The van der Waals surface area contributed by atoms with Crippen LogP contribution in [0.15, 0.2) is 0 Å². The third kappa shape index (κ3) is 1.34. The van der Waals surface area contributed by atoms with Crippen molar-refractivity contribution < 1.29 is 0 Å². The molecule has 0 spiro atoms. The van der Waals surface area contributed by atoms with Crippen molar-refractivity contribution in [2.45, 2.75) is 56.2 Å². The SMILES string of the molecule is C1CC2CCN3CCCN4CCC(C1)B2C34. The van der Waals surface area contributed by atoms with Crippen LogP contribution in [0.4, 0.5) is 0 Å². The quantitative estimate of drug-likeness (QED) is 0.574. The second kappa shape index (κ2) is 3.74. The second-order valence-electron chi connectivity index (χ2n) is 6.44. The minimum absolute atomic E-state index is 0.867. The van der Waals surface area contributed by atoms with Crippen LogP contribution in [0.1, 0.15) is 38.5 Å².